The van der Waals surface area contributed by atoms with Crippen LogP contribution in [-0.4, -0.2) is 29.3 Å². The van der Waals surface area contributed by atoms with Crippen LogP contribution >= 0.6 is 11.6 Å². The number of aryl methyl sites for hydroxylation is 1. The fourth-order valence-corrected chi connectivity index (χ4v) is 4.19. The molecule has 2 aromatic carbocycles. The lowest BCUT2D eigenvalue weighted by Gasteiger charge is -2.27. The lowest BCUT2D eigenvalue weighted by Crippen LogP contribution is -2.33. The van der Waals surface area contributed by atoms with Crippen LogP contribution < -0.4 is 0 Å². The van der Waals surface area contributed by atoms with Crippen molar-refractivity contribution in [2.24, 2.45) is 7.05 Å². The monoisotopic (exact) mass is 411 g/mol. The molecule has 0 saturated carbocycles. The zero-order valence-corrected chi connectivity index (χ0v) is 16.0. The van der Waals surface area contributed by atoms with Crippen LogP contribution in [0, 0.1) is 11.6 Å². The third-order valence-electron chi connectivity index (χ3n) is 4.22. The van der Waals surface area contributed by atoms with Crippen molar-refractivity contribution in [3.63, 3.8) is 0 Å². The number of imidazole rings is 1. The zero-order chi connectivity index (χ0) is 19.8. The van der Waals surface area contributed by atoms with E-state index >= 15 is 0 Å². The molecule has 0 aliphatic heterocycles. The number of aromatic nitrogens is 2. The van der Waals surface area contributed by atoms with Gasteiger partial charge in [0.05, 0.1) is 4.90 Å². The van der Waals surface area contributed by atoms with Gasteiger partial charge in [-0.2, -0.15) is 4.31 Å². The number of hydrogen-bond donors (Lipinski definition) is 0. The first-order chi connectivity index (χ1) is 12.7. The Morgan fingerprint density at radius 1 is 1.11 bits per heavy atom. The standard InChI is InChI=1S/C18H16ClF2N3O2S/c1-23-10-9-22-18(23)17(12-3-5-13(19)6-4-12)24(2)27(25,26)14-7-8-15(20)16(21)11-14/h3-11,17H,1-2H3/t17-/m0/s1. The molecule has 0 aliphatic carbocycles. The quantitative estimate of drug-likeness (QED) is 0.642. The number of halogens is 3. The van der Waals surface area contributed by atoms with Crippen LogP contribution in [-0.2, 0) is 17.1 Å². The molecule has 0 spiro atoms. The molecule has 0 bridgehead atoms. The smallest absolute Gasteiger partial charge is 0.243 e. The SMILES string of the molecule is CN([C@@H](c1ccc(Cl)cc1)c1nccn1C)S(=O)(=O)c1ccc(F)c(F)c1. The lowest BCUT2D eigenvalue weighted by molar-refractivity contribution is 0.398. The van der Waals surface area contributed by atoms with Gasteiger partial charge in [-0.05, 0) is 35.9 Å². The Kier molecular flexibility index (Phi) is 5.32. The van der Waals surface area contributed by atoms with Gasteiger partial charge < -0.3 is 4.57 Å². The molecule has 1 heterocycles. The summed E-state index contributed by atoms with van der Waals surface area (Å²) in [5.41, 5.74) is 0.627. The van der Waals surface area contributed by atoms with E-state index in [9.17, 15) is 17.2 Å². The highest BCUT2D eigenvalue weighted by Gasteiger charge is 2.33. The predicted molar refractivity (Wildman–Crippen MR) is 97.8 cm³/mol. The van der Waals surface area contributed by atoms with E-state index in [-0.39, 0.29) is 4.90 Å². The predicted octanol–water partition coefficient (Wildman–Crippen LogP) is 3.76. The highest BCUT2D eigenvalue weighted by atomic mass is 35.5. The number of sulfonamides is 1. The molecule has 0 unspecified atom stereocenters. The van der Waals surface area contributed by atoms with Crippen LogP contribution in [0.25, 0.3) is 0 Å². The first-order valence-electron chi connectivity index (χ1n) is 7.87. The second-order valence-electron chi connectivity index (χ2n) is 5.95. The summed E-state index contributed by atoms with van der Waals surface area (Å²) in [6, 6.07) is 8.36. The summed E-state index contributed by atoms with van der Waals surface area (Å²) in [5, 5.41) is 0.503. The van der Waals surface area contributed by atoms with E-state index in [0.717, 1.165) is 16.4 Å². The molecular weight excluding hydrogens is 396 g/mol. The summed E-state index contributed by atoms with van der Waals surface area (Å²) >= 11 is 5.94. The molecule has 142 valence electrons. The van der Waals surface area contributed by atoms with Gasteiger partial charge in [0.15, 0.2) is 11.6 Å². The average Bonchev–Trinajstić information content (AvgIpc) is 3.04. The van der Waals surface area contributed by atoms with Crippen molar-refractivity contribution < 1.29 is 17.2 Å². The fraction of sp³-hybridized carbons (Fsp3) is 0.167. The fourth-order valence-electron chi connectivity index (χ4n) is 2.75. The molecular formula is C18H16ClF2N3O2S. The van der Waals surface area contributed by atoms with Crippen molar-refractivity contribution in [2.45, 2.75) is 10.9 Å². The summed E-state index contributed by atoms with van der Waals surface area (Å²) in [4.78, 5) is 3.91. The largest absolute Gasteiger partial charge is 0.336 e. The van der Waals surface area contributed by atoms with Crippen molar-refractivity contribution in [3.8, 4) is 0 Å². The third-order valence-corrected chi connectivity index (χ3v) is 6.29. The molecule has 3 rings (SSSR count). The lowest BCUT2D eigenvalue weighted by atomic mass is 10.1. The number of hydrogen-bond acceptors (Lipinski definition) is 3. The molecule has 0 saturated heterocycles. The molecule has 1 atom stereocenters. The molecule has 0 radical (unpaired) electrons. The van der Waals surface area contributed by atoms with Gasteiger partial charge in [-0.25, -0.2) is 22.2 Å². The second kappa shape index (κ2) is 7.38. The molecule has 0 amide bonds. The van der Waals surface area contributed by atoms with Crippen molar-refractivity contribution in [1.82, 2.24) is 13.9 Å². The minimum atomic E-state index is -4.14. The van der Waals surface area contributed by atoms with E-state index in [4.69, 9.17) is 11.6 Å². The Morgan fingerprint density at radius 3 is 2.33 bits per heavy atom. The van der Waals surface area contributed by atoms with E-state index in [0.29, 0.717) is 22.5 Å². The first-order valence-corrected chi connectivity index (χ1v) is 9.69. The van der Waals surface area contributed by atoms with Crippen LogP contribution in [0.15, 0.2) is 59.8 Å². The van der Waals surface area contributed by atoms with Gasteiger partial charge in [0.2, 0.25) is 10.0 Å². The molecule has 0 fully saturated rings. The molecule has 1 aromatic heterocycles. The van der Waals surface area contributed by atoms with Gasteiger partial charge >= 0.3 is 0 Å². The van der Waals surface area contributed by atoms with Crippen LogP contribution in [0.5, 0.6) is 0 Å². The molecule has 3 aromatic rings. The van der Waals surface area contributed by atoms with E-state index in [1.54, 1.807) is 48.3 Å². The van der Waals surface area contributed by atoms with Crippen molar-refractivity contribution in [1.29, 1.82) is 0 Å². The summed E-state index contributed by atoms with van der Waals surface area (Å²) in [5.74, 6) is -1.88. The zero-order valence-electron chi connectivity index (χ0n) is 14.5. The molecule has 9 heteroatoms. The van der Waals surface area contributed by atoms with E-state index in [2.05, 4.69) is 4.98 Å². The summed E-state index contributed by atoms with van der Waals surface area (Å²) in [6.07, 6.45) is 3.24. The van der Waals surface area contributed by atoms with Crippen LogP contribution in [0.4, 0.5) is 8.78 Å². The Bertz CT molecular complexity index is 1070. The van der Waals surface area contributed by atoms with Gasteiger partial charge in [-0.3, -0.25) is 0 Å². The highest BCUT2D eigenvalue weighted by Crippen LogP contribution is 2.32. The van der Waals surface area contributed by atoms with Crippen LogP contribution in [0.1, 0.15) is 17.4 Å². The highest BCUT2D eigenvalue weighted by molar-refractivity contribution is 7.89. The second-order valence-corrected chi connectivity index (χ2v) is 8.38. The van der Waals surface area contributed by atoms with Gasteiger partial charge in [0.1, 0.15) is 11.9 Å². The summed E-state index contributed by atoms with van der Waals surface area (Å²) in [6.45, 7) is 0. The van der Waals surface area contributed by atoms with Gasteiger partial charge in [-0.15, -0.1) is 0 Å². The van der Waals surface area contributed by atoms with Crippen LogP contribution in [0.3, 0.4) is 0 Å². The van der Waals surface area contributed by atoms with Crippen molar-refractivity contribution in [2.75, 3.05) is 7.05 Å². The van der Waals surface area contributed by atoms with Crippen molar-refractivity contribution in [3.05, 3.63) is 82.9 Å². The molecule has 0 aliphatic rings. The van der Waals surface area contributed by atoms with Gasteiger partial charge in [0, 0.05) is 31.5 Å². The van der Waals surface area contributed by atoms with Crippen molar-refractivity contribution >= 4 is 21.6 Å². The van der Waals surface area contributed by atoms with Gasteiger partial charge in [0.25, 0.3) is 0 Å². The Balaban J connectivity index is 2.12. The van der Waals surface area contributed by atoms with E-state index in [1.165, 1.54) is 7.05 Å². The van der Waals surface area contributed by atoms with Gasteiger partial charge in [-0.1, -0.05) is 23.7 Å². The molecule has 27 heavy (non-hydrogen) atoms. The Labute approximate surface area is 160 Å². The summed E-state index contributed by atoms with van der Waals surface area (Å²) in [7, 11) is -1.03. The maximum Gasteiger partial charge on any atom is 0.243 e. The van der Waals surface area contributed by atoms with E-state index in [1.807, 2.05) is 0 Å². The first kappa shape index (κ1) is 19.5. The molecule has 5 nitrogen and oxygen atoms in total. The number of rotatable bonds is 5. The minimum absolute atomic E-state index is 0.350. The molecule has 0 N–H and O–H groups in total. The topological polar surface area (TPSA) is 55.2 Å². The van der Waals surface area contributed by atoms with E-state index < -0.39 is 27.7 Å². The Morgan fingerprint density at radius 2 is 1.78 bits per heavy atom. The maximum atomic E-state index is 13.6. The number of benzene rings is 2. The summed E-state index contributed by atoms with van der Waals surface area (Å²) < 4.78 is 55.7. The van der Waals surface area contributed by atoms with Crippen LogP contribution in [0.2, 0.25) is 5.02 Å². The normalized spacial score (nSPS) is 13.1. The average molecular weight is 412 g/mol. The third kappa shape index (κ3) is 3.73. The number of nitrogens with zero attached hydrogens (tertiary/aromatic N) is 3. The Hall–Kier alpha value is -2.29. The minimum Gasteiger partial charge on any atom is -0.336 e. The maximum absolute atomic E-state index is 13.6.